The number of rotatable bonds is 7. The molecule has 3 heterocycles. The summed E-state index contributed by atoms with van der Waals surface area (Å²) in [4.78, 5) is 32.7. The zero-order chi connectivity index (χ0) is 22.7. The number of allylic oxidation sites excluding steroid dienone is 1. The van der Waals surface area contributed by atoms with Crippen LogP contribution in [0, 0.1) is 0 Å². The van der Waals surface area contributed by atoms with Gasteiger partial charge in [0.05, 0.1) is 29.5 Å². The van der Waals surface area contributed by atoms with Gasteiger partial charge in [-0.3, -0.25) is 9.36 Å². The minimum Gasteiger partial charge on any atom is -0.496 e. The molecule has 0 saturated heterocycles. The third-order valence-corrected chi connectivity index (χ3v) is 6.81. The summed E-state index contributed by atoms with van der Waals surface area (Å²) in [6.45, 7) is 2.14. The second-order valence-corrected chi connectivity index (χ2v) is 8.96. The second-order valence-electron chi connectivity index (χ2n) is 6.97. The number of nitrogens with zero attached hydrogens (tertiary/aromatic N) is 2. The molecule has 0 unspecified atom stereocenters. The average molecular weight is 471 g/mol. The van der Waals surface area contributed by atoms with Crippen LogP contribution in [0.2, 0.25) is 0 Å². The van der Waals surface area contributed by atoms with E-state index in [2.05, 4.69) is 4.99 Å². The van der Waals surface area contributed by atoms with Gasteiger partial charge >= 0.3 is 5.97 Å². The van der Waals surface area contributed by atoms with E-state index in [0.717, 1.165) is 4.88 Å². The lowest BCUT2D eigenvalue weighted by molar-refractivity contribution is -0.140. The number of benzene rings is 1. The molecule has 1 aromatic carbocycles. The van der Waals surface area contributed by atoms with Crippen molar-refractivity contribution in [3.8, 4) is 5.75 Å². The lowest BCUT2D eigenvalue weighted by Crippen LogP contribution is -2.40. The van der Waals surface area contributed by atoms with Crippen molar-refractivity contribution in [3.63, 3.8) is 0 Å². The van der Waals surface area contributed by atoms with Gasteiger partial charge in [-0.2, -0.15) is 0 Å². The molecular weight excluding hydrogens is 448 g/mol. The van der Waals surface area contributed by atoms with Gasteiger partial charge in [-0.05, 0) is 30.5 Å². The summed E-state index contributed by atoms with van der Waals surface area (Å²) in [6.07, 6.45) is 1.85. The first-order valence-corrected chi connectivity index (χ1v) is 11.6. The summed E-state index contributed by atoms with van der Waals surface area (Å²) >= 11 is 2.85. The number of esters is 1. The Morgan fingerprint density at radius 1 is 1.19 bits per heavy atom. The molecule has 0 fully saturated rings. The van der Waals surface area contributed by atoms with Crippen molar-refractivity contribution in [2.75, 3.05) is 27.4 Å². The molecule has 0 amide bonds. The fourth-order valence-corrected chi connectivity index (χ4v) is 5.34. The molecule has 0 radical (unpaired) electrons. The summed E-state index contributed by atoms with van der Waals surface area (Å²) in [5.41, 5.74) is 1.28. The summed E-state index contributed by atoms with van der Waals surface area (Å²) in [7, 11) is 3.10. The van der Waals surface area contributed by atoms with Crippen molar-refractivity contribution in [3.05, 3.63) is 83.2 Å². The summed E-state index contributed by atoms with van der Waals surface area (Å²) in [5.74, 6) is 0.0361. The maximum atomic E-state index is 13.5. The van der Waals surface area contributed by atoms with Gasteiger partial charge in [-0.15, -0.1) is 11.3 Å². The van der Waals surface area contributed by atoms with E-state index in [9.17, 15) is 9.59 Å². The molecule has 1 aliphatic heterocycles. The molecule has 0 saturated carbocycles. The molecule has 0 aliphatic carbocycles. The van der Waals surface area contributed by atoms with Gasteiger partial charge in [-0.1, -0.05) is 35.6 Å². The van der Waals surface area contributed by atoms with Crippen LogP contribution in [0.1, 0.15) is 23.4 Å². The zero-order valence-electron chi connectivity index (χ0n) is 17.9. The maximum absolute atomic E-state index is 13.5. The van der Waals surface area contributed by atoms with Gasteiger partial charge in [-0.25, -0.2) is 9.79 Å². The minimum atomic E-state index is -0.720. The highest BCUT2D eigenvalue weighted by Crippen LogP contribution is 2.35. The van der Waals surface area contributed by atoms with Crippen molar-refractivity contribution < 1.29 is 19.0 Å². The molecule has 2 aromatic heterocycles. The molecule has 9 heteroatoms. The highest BCUT2D eigenvalue weighted by molar-refractivity contribution is 7.11. The third-order valence-electron chi connectivity index (χ3n) is 5.01. The monoisotopic (exact) mass is 470 g/mol. The SMILES string of the molecule is COCCOC(=O)C1=C(C)N=c2s/c(=C/c3cccs3)c(=O)n2[C@H]1c1ccccc1OC. The van der Waals surface area contributed by atoms with Crippen molar-refractivity contribution >= 4 is 34.7 Å². The second kappa shape index (κ2) is 9.64. The number of thiophene rings is 1. The average Bonchev–Trinajstić information content (AvgIpc) is 3.41. The fourth-order valence-electron chi connectivity index (χ4n) is 3.57. The molecular formula is C23H22N2O5S2. The fraction of sp³-hybridized carbons (Fsp3) is 0.261. The Bertz CT molecular complexity index is 1340. The highest BCUT2D eigenvalue weighted by Gasteiger charge is 2.35. The molecule has 1 atom stereocenters. The number of ether oxygens (including phenoxy) is 3. The van der Waals surface area contributed by atoms with E-state index >= 15 is 0 Å². The quantitative estimate of drug-likeness (QED) is 0.392. The van der Waals surface area contributed by atoms with E-state index in [1.54, 1.807) is 36.0 Å². The van der Waals surface area contributed by atoms with Crippen molar-refractivity contribution in [1.82, 2.24) is 4.57 Å². The first kappa shape index (κ1) is 22.2. The standard InChI is InChI=1S/C23H22N2O5S2/c1-14-19(22(27)30-11-10-28-2)20(16-8-4-5-9-17(16)29-3)25-21(26)18(32-23(25)24-14)13-15-7-6-12-31-15/h4-9,12-13,20H,10-11H2,1-3H3/b18-13+/t20-/m0/s1. The van der Waals surface area contributed by atoms with E-state index in [1.165, 1.54) is 18.4 Å². The Labute approximate surface area is 192 Å². The number of carbonyl (C=O) groups is 1. The van der Waals surface area contributed by atoms with Crippen molar-refractivity contribution in [1.29, 1.82) is 0 Å². The Morgan fingerprint density at radius 2 is 2.00 bits per heavy atom. The number of thiazole rings is 1. The van der Waals surface area contributed by atoms with Crippen LogP contribution in [0.25, 0.3) is 6.08 Å². The Balaban J connectivity index is 1.93. The number of aromatic nitrogens is 1. The van der Waals surface area contributed by atoms with Gasteiger partial charge in [0.2, 0.25) is 0 Å². The zero-order valence-corrected chi connectivity index (χ0v) is 19.5. The molecule has 7 nitrogen and oxygen atoms in total. The summed E-state index contributed by atoms with van der Waals surface area (Å²) in [5, 5.41) is 1.96. The van der Waals surface area contributed by atoms with E-state index in [0.29, 0.717) is 31.9 Å². The lowest BCUT2D eigenvalue weighted by atomic mass is 9.95. The molecule has 3 aromatic rings. The van der Waals surface area contributed by atoms with Gasteiger partial charge in [0.25, 0.3) is 5.56 Å². The van der Waals surface area contributed by atoms with Crippen LogP contribution in [-0.2, 0) is 14.3 Å². The molecule has 0 bridgehead atoms. The molecule has 0 spiro atoms. The van der Waals surface area contributed by atoms with Crippen LogP contribution in [0.15, 0.2) is 62.8 Å². The lowest BCUT2D eigenvalue weighted by Gasteiger charge is -2.26. The first-order valence-electron chi connectivity index (χ1n) is 9.90. The summed E-state index contributed by atoms with van der Waals surface area (Å²) < 4.78 is 18.1. The van der Waals surface area contributed by atoms with Crippen LogP contribution < -0.4 is 19.6 Å². The molecule has 0 N–H and O–H groups in total. The van der Waals surface area contributed by atoms with Gasteiger partial charge in [0.15, 0.2) is 4.80 Å². The van der Waals surface area contributed by atoms with Crippen LogP contribution >= 0.6 is 22.7 Å². The van der Waals surface area contributed by atoms with Crippen LogP contribution in [0.5, 0.6) is 5.75 Å². The van der Waals surface area contributed by atoms with Gasteiger partial charge < -0.3 is 14.2 Å². The van der Waals surface area contributed by atoms with Crippen LogP contribution in [0.3, 0.4) is 0 Å². The molecule has 32 heavy (non-hydrogen) atoms. The largest absolute Gasteiger partial charge is 0.496 e. The van der Waals surface area contributed by atoms with E-state index < -0.39 is 12.0 Å². The normalized spacial score (nSPS) is 16.0. The Kier molecular flexibility index (Phi) is 6.69. The maximum Gasteiger partial charge on any atom is 0.338 e. The van der Waals surface area contributed by atoms with E-state index in [4.69, 9.17) is 14.2 Å². The van der Waals surface area contributed by atoms with Crippen molar-refractivity contribution in [2.45, 2.75) is 13.0 Å². The van der Waals surface area contributed by atoms with Gasteiger partial charge in [0.1, 0.15) is 18.4 Å². The topological polar surface area (TPSA) is 79.1 Å². The minimum absolute atomic E-state index is 0.105. The predicted molar refractivity (Wildman–Crippen MR) is 124 cm³/mol. The van der Waals surface area contributed by atoms with Gasteiger partial charge in [0, 0.05) is 17.6 Å². The van der Waals surface area contributed by atoms with Crippen LogP contribution in [0.4, 0.5) is 0 Å². The Hall–Kier alpha value is -3.01. The molecule has 4 rings (SSSR count). The van der Waals surface area contributed by atoms with Crippen LogP contribution in [-0.4, -0.2) is 38.0 Å². The Morgan fingerprint density at radius 3 is 2.72 bits per heavy atom. The smallest absolute Gasteiger partial charge is 0.338 e. The van der Waals surface area contributed by atoms with E-state index in [1.807, 2.05) is 41.8 Å². The predicted octanol–water partition coefficient (Wildman–Crippen LogP) is 2.49. The number of hydrogen-bond acceptors (Lipinski definition) is 8. The van der Waals surface area contributed by atoms with E-state index in [-0.39, 0.29) is 18.8 Å². The number of carbonyl (C=O) groups excluding carboxylic acids is 1. The molecule has 1 aliphatic rings. The number of methoxy groups -OCH3 is 2. The third kappa shape index (κ3) is 4.19. The highest BCUT2D eigenvalue weighted by atomic mass is 32.1. The number of hydrogen-bond donors (Lipinski definition) is 0. The number of para-hydroxylation sites is 1. The van der Waals surface area contributed by atoms with Crippen molar-refractivity contribution in [2.24, 2.45) is 4.99 Å². The number of fused-ring (bicyclic) bond motifs is 1. The summed E-state index contributed by atoms with van der Waals surface area (Å²) in [6, 6.07) is 10.5. The molecule has 166 valence electrons. The first-order chi connectivity index (χ1) is 15.5.